The average Bonchev–Trinajstić information content (AvgIpc) is 2.76. The third-order valence-electron chi connectivity index (χ3n) is 4.77. The van der Waals surface area contributed by atoms with Crippen LogP contribution in [0.25, 0.3) is 10.9 Å². The molecular formula is C22H23BrN4O4. The third-order valence-corrected chi connectivity index (χ3v) is 5.26. The topological polar surface area (TPSA) is 109 Å². The van der Waals surface area contributed by atoms with Gasteiger partial charge in [-0.3, -0.25) is 9.59 Å². The molecule has 8 nitrogen and oxygen atoms in total. The minimum absolute atomic E-state index is 0.0389. The molecule has 162 valence electrons. The van der Waals surface area contributed by atoms with E-state index in [2.05, 4.69) is 26.0 Å². The quantitative estimate of drug-likeness (QED) is 0.490. The molecule has 1 atom stereocenters. The maximum Gasteiger partial charge on any atom is 0.282 e. The summed E-state index contributed by atoms with van der Waals surface area (Å²) in [5, 5.41) is 4.91. The van der Waals surface area contributed by atoms with Crippen molar-refractivity contribution in [3.63, 3.8) is 0 Å². The molecule has 3 rings (SSSR count). The summed E-state index contributed by atoms with van der Waals surface area (Å²) in [7, 11) is 1.49. The molecule has 0 aliphatic carbocycles. The first-order chi connectivity index (χ1) is 14.8. The van der Waals surface area contributed by atoms with E-state index >= 15 is 0 Å². The van der Waals surface area contributed by atoms with Gasteiger partial charge < -0.3 is 15.2 Å². The first-order valence-electron chi connectivity index (χ1n) is 9.69. The molecule has 2 aromatic carbocycles. The summed E-state index contributed by atoms with van der Waals surface area (Å²) in [5.74, 6) is 0.845. The Morgan fingerprint density at radius 3 is 2.74 bits per heavy atom. The number of primary amides is 1. The lowest BCUT2D eigenvalue weighted by molar-refractivity contribution is -0.119. The molecule has 31 heavy (non-hydrogen) atoms. The maximum atomic E-state index is 13.2. The zero-order chi connectivity index (χ0) is 22.5. The van der Waals surface area contributed by atoms with Gasteiger partial charge in [0.15, 0.2) is 18.1 Å². The molecule has 0 bridgehead atoms. The van der Waals surface area contributed by atoms with Gasteiger partial charge in [-0.05, 0) is 48.4 Å². The van der Waals surface area contributed by atoms with Gasteiger partial charge in [-0.15, -0.1) is 0 Å². The van der Waals surface area contributed by atoms with Crippen LogP contribution in [-0.2, 0) is 4.79 Å². The van der Waals surface area contributed by atoms with Crippen molar-refractivity contribution in [3.05, 3.63) is 62.6 Å². The van der Waals surface area contributed by atoms with Crippen molar-refractivity contribution >= 4 is 39.0 Å². The fourth-order valence-electron chi connectivity index (χ4n) is 2.94. The Bertz CT molecular complexity index is 1210. The molecule has 0 aliphatic rings. The van der Waals surface area contributed by atoms with Gasteiger partial charge in [0.25, 0.3) is 11.5 Å². The molecule has 0 aliphatic heterocycles. The van der Waals surface area contributed by atoms with E-state index in [-0.39, 0.29) is 18.1 Å². The van der Waals surface area contributed by atoms with Crippen LogP contribution in [0.3, 0.4) is 0 Å². The fourth-order valence-corrected chi connectivity index (χ4v) is 3.30. The average molecular weight is 487 g/mol. The van der Waals surface area contributed by atoms with Gasteiger partial charge >= 0.3 is 0 Å². The van der Waals surface area contributed by atoms with E-state index in [1.54, 1.807) is 30.5 Å². The Morgan fingerprint density at radius 1 is 1.29 bits per heavy atom. The number of hydrogen-bond acceptors (Lipinski definition) is 6. The van der Waals surface area contributed by atoms with Crippen LogP contribution < -0.4 is 20.8 Å². The highest BCUT2D eigenvalue weighted by Gasteiger charge is 2.15. The van der Waals surface area contributed by atoms with E-state index in [1.165, 1.54) is 11.8 Å². The van der Waals surface area contributed by atoms with Crippen LogP contribution in [0.4, 0.5) is 0 Å². The highest BCUT2D eigenvalue weighted by molar-refractivity contribution is 9.10. The third kappa shape index (κ3) is 5.11. The number of nitrogens with two attached hydrogens (primary N) is 1. The van der Waals surface area contributed by atoms with Crippen molar-refractivity contribution in [1.82, 2.24) is 9.66 Å². The molecule has 1 aromatic heterocycles. The molecule has 1 heterocycles. The highest BCUT2D eigenvalue weighted by atomic mass is 79.9. The number of rotatable bonds is 8. The van der Waals surface area contributed by atoms with Crippen LogP contribution in [0.5, 0.6) is 11.5 Å². The van der Waals surface area contributed by atoms with Crippen LogP contribution in [0.2, 0.25) is 0 Å². The Hall–Kier alpha value is -3.20. The normalized spacial score (nSPS) is 12.3. The standard InChI is InChI=1S/C22H23BrN4O4/c1-4-13(2)21-26-17-7-6-15(23)10-16(17)22(29)27(21)25-11-14-5-8-18(19(9-14)30-3)31-12-20(24)28/h5-11,13H,4,12H2,1-3H3,(H2,24,28)/t13-/m1/s1. The smallest absolute Gasteiger partial charge is 0.282 e. The first-order valence-corrected chi connectivity index (χ1v) is 10.5. The molecule has 2 N–H and O–H groups in total. The Morgan fingerprint density at radius 2 is 2.06 bits per heavy atom. The van der Waals surface area contributed by atoms with Gasteiger partial charge in [0, 0.05) is 10.4 Å². The SMILES string of the molecule is CC[C@@H](C)c1nc2ccc(Br)cc2c(=O)n1N=Cc1ccc(OCC(N)=O)c(OC)c1. The van der Waals surface area contributed by atoms with Gasteiger partial charge in [-0.1, -0.05) is 29.8 Å². The van der Waals surface area contributed by atoms with E-state index in [4.69, 9.17) is 15.2 Å². The maximum absolute atomic E-state index is 13.2. The molecule has 1 amide bonds. The lowest BCUT2D eigenvalue weighted by Crippen LogP contribution is -2.23. The lowest BCUT2D eigenvalue weighted by atomic mass is 10.1. The van der Waals surface area contributed by atoms with Crippen LogP contribution in [0, 0.1) is 0 Å². The number of halogens is 1. The fraction of sp³-hybridized carbons (Fsp3) is 0.273. The van der Waals surface area contributed by atoms with Crippen molar-refractivity contribution in [2.24, 2.45) is 10.8 Å². The summed E-state index contributed by atoms with van der Waals surface area (Å²) in [6.45, 7) is 3.79. The minimum Gasteiger partial charge on any atom is -0.493 e. The molecule has 0 radical (unpaired) electrons. The summed E-state index contributed by atoms with van der Waals surface area (Å²) in [6.07, 6.45) is 2.36. The molecule has 0 saturated carbocycles. The molecule has 0 spiro atoms. The summed E-state index contributed by atoms with van der Waals surface area (Å²) in [5.41, 5.74) is 6.19. The first kappa shape index (κ1) is 22.5. The van der Waals surface area contributed by atoms with Crippen LogP contribution >= 0.6 is 15.9 Å². The van der Waals surface area contributed by atoms with Crippen molar-refractivity contribution in [1.29, 1.82) is 0 Å². The summed E-state index contributed by atoms with van der Waals surface area (Å²) < 4.78 is 12.8. The number of nitrogens with zero attached hydrogens (tertiary/aromatic N) is 3. The second kappa shape index (κ2) is 9.74. The van der Waals surface area contributed by atoms with E-state index in [1.807, 2.05) is 26.0 Å². The predicted octanol–water partition coefficient (Wildman–Crippen LogP) is 3.43. The second-order valence-electron chi connectivity index (χ2n) is 6.97. The molecule has 9 heteroatoms. The van der Waals surface area contributed by atoms with Gasteiger partial charge in [0.1, 0.15) is 5.82 Å². The number of carbonyl (C=O) groups is 1. The molecule has 0 unspecified atom stereocenters. The largest absolute Gasteiger partial charge is 0.493 e. The predicted molar refractivity (Wildman–Crippen MR) is 123 cm³/mol. The number of amides is 1. The Kier molecular flexibility index (Phi) is 7.06. The number of benzene rings is 2. The number of fused-ring (bicyclic) bond motifs is 1. The van der Waals surface area contributed by atoms with Crippen LogP contribution in [0.15, 0.2) is 50.8 Å². The van der Waals surface area contributed by atoms with Crippen LogP contribution in [-0.4, -0.2) is 35.5 Å². The monoisotopic (exact) mass is 486 g/mol. The number of aromatic nitrogens is 2. The Labute approximate surface area is 187 Å². The summed E-state index contributed by atoms with van der Waals surface area (Å²) in [6, 6.07) is 10.5. The molecule has 0 fully saturated rings. The number of methoxy groups -OCH3 is 1. The number of carbonyl (C=O) groups excluding carboxylic acids is 1. The van der Waals surface area contributed by atoms with Crippen molar-refractivity contribution < 1.29 is 14.3 Å². The second-order valence-corrected chi connectivity index (χ2v) is 7.88. The number of ether oxygens (including phenoxy) is 2. The zero-order valence-corrected chi connectivity index (χ0v) is 19.0. The van der Waals surface area contributed by atoms with Gasteiger partial charge in [0.05, 0.1) is 24.2 Å². The lowest BCUT2D eigenvalue weighted by Gasteiger charge is -2.14. The van der Waals surface area contributed by atoms with Gasteiger partial charge in [0.2, 0.25) is 0 Å². The highest BCUT2D eigenvalue weighted by Crippen LogP contribution is 2.27. The van der Waals surface area contributed by atoms with E-state index < -0.39 is 5.91 Å². The zero-order valence-electron chi connectivity index (χ0n) is 17.5. The molecule has 0 saturated heterocycles. The van der Waals surface area contributed by atoms with E-state index in [0.29, 0.717) is 33.8 Å². The summed E-state index contributed by atoms with van der Waals surface area (Å²) in [4.78, 5) is 28.8. The van der Waals surface area contributed by atoms with Crippen LogP contribution in [0.1, 0.15) is 37.6 Å². The summed E-state index contributed by atoms with van der Waals surface area (Å²) >= 11 is 3.40. The molecular weight excluding hydrogens is 464 g/mol. The van der Waals surface area contributed by atoms with Crippen molar-refractivity contribution in [2.45, 2.75) is 26.2 Å². The van der Waals surface area contributed by atoms with Gasteiger partial charge in [-0.2, -0.15) is 9.78 Å². The molecule has 3 aromatic rings. The van der Waals surface area contributed by atoms with E-state index in [0.717, 1.165) is 10.9 Å². The van der Waals surface area contributed by atoms with Crippen molar-refractivity contribution in [2.75, 3.05) is 13.7 Å². The van der Waals surface area contributed by atoms with Crippen molar-refractivity contribution in [3.8, 4) is 11.5 Å². The van der Waals surface area contributed by atoms with Gasteiger partial charge in [-0.25, -0.2) is 4.98 Å². The number of hydrogen-bond donors (Lipinski definition) is 1. The van der Waals surface area contributed by atoms with E-state index in [9.17, 15) is 9.59 Å². The Balaban J connectivity index is 2.04. The minimum atomic E-state index is -0.583.